The Balaban J connectivity index is 1.55. The Labute approximate surface area is 186 Å². The van der Waals surface area contributed by atoms with E-state index in [0.29, 0.717) is 31.2 Å². The summed E-state index contributed by atoms with van der Waals surface area (Å²) in [5, 5.41) is 10.7. The molecule has 166 valence electrons. The van der Waals surface area contributed by atoms with E-state index in [4.69, 9.17) is 4.52 Å². The van der Waals surface area contributed by atoms with Crippen LogP contribution in [-0.4, -0.2) is 41.9 Å². The second-order valence-corrected chi connectivity index (χ2v) is 9.69. The van der Waals surface area contributed by atoms with E-state index in [2.05, 4.69) is 15.5 Å². The second-order valence-electron chi connectivity index (χ2n) is 6.97. The van der Waals surface area contributed by atoms with Crippen LogP contribution in [0, 0.1) is 0 Å². The smallest absolute Gasteiger partial charge is 0.243 e. The van der Waals surface area contributed by atoms with Gasteiger partial charge in [-0.25, -0.2) is 8.42 Å². The molecule has 0 aliphatic heterocycles. The molecule has 8 nitrogen and oxygen atoms in total. The Kier molecular flexibility index (Phi) is 7.58. The molecule has 0 aliphatic carbocycles. The molecule has 10 heteroatoms. The van der Waals surface area contributed by atoms with Gasteiger partial charge in [-0.3, -0.25) is 4.79 Å². The fraction of sp³-hybridized carbons (Fsp3) is 0.381. The summed E-state index contributed by atoms with van der Waals surface area (Å²) in [6, 6.07) is 8.26. The van der Waals surface area contributed by atoms with Crippen molar-refractivity contribution in [2.45, 2.75) is 44.6 Å². The minimum Gasteiger partial charge on any atom is -0.350 e. The zero-order chi connectivity index (χ0) is 22.4. The number of carbonyl (C=O) groups is 1. The van der Waals surface area contributed by atoms with E-state index in [1.807, 2.05) is 37.6 Å². The van der Waals surface area contributed by atoms with Gasteiger partial charge in [0.2, 0.25) is 27.6 Å². The zero-order valence-electron chi connectivity index (χ0n) is 17.7. The lowest BCUT2D eigenvalue weighted by molar-refractivity contribution is -0.121. The number of aryl methyl sites for hydroxylation is 1. The molecule has 1 aromatic carbocycles. The fourth-order valence-electron chi connectivity index (χ4n) is 3.12. The lowest BCUT2D eigenvalue weighted by atomic mass is 10.1. The SMILES string of the molecule is CCN(CC)S(=O)(=O)c1ccc(C(C)NC(=O)CCc2nc(-c3ccsc3)no2)cc1. The van der Waals surface area contributed by atoms with Crippen LogP contribution in [0.15, 0.2) is 50.5 Å². The van der Waals surface area contributed by atoms with Gasteiger partial charge in [-0.1, -0.05) is 31.1 Å². The Morgan fingerprint density at radius 3 is 2.52 bits per heavy atom. The number of sulfonamides is 1. The van der Waals surface area contributed by atoms with Crippen LogP contribution in [0.4, 0.5) is 0 Å². The number of benzene rings is 1. The van der Waals surface area contributed by atoms with Crippen LogP contribution >= 0.6 is 11.3 Å². The van der Waals surface area contributed by atoms with E-state index >= 15 is 0 Å². The standard InChI is InChI=1S/C21H26N4O4S2/c1-4-25(5-2)31(27,28)18-8-6-16(7-9-18)15(3)22-19(26)10-11-20-23-21(24-29-20)17-12-13-30-14-17/h6-9,12-15H,4-5,10-11H2,1-3H3,(H,22,26). The summed E-state index contributed by atoms with van der Waals surface area (Å²) < 4.78 is 31.8. The molecule has 0 radical (unpaired) electrons. The number of carbonyl (C=O) groups excluding carboxylic acids is 1. The van der Waals surface area contributed by atoms with Crippen LogP contribution < -0.4 is 5.32 Å². The highest BCUT2D eigenvalue weighted by molar-refractivity contribution is 7.89. The van der Waals surface area contributed by atoms with Crippen molar-refractivity contribution in [2.75, 3.05) is 13.1 Å². The maximum atomic E-state index is 12.6. The average molecular weight is 463 g/mol. The van der Waals surface area contributed by atoms with Gasteiger partial charge in [-0.2, -0.15) is 20.6 Å². The normalized spacial score (nSPS) is 12.8. The average Bonchev–Trinajstić information content (AvgIpc) is 3.45. The number of hydrogen-bond donors (Lipinski definition) is 1. The summed E-state index contributed by atoms with van der Waals surface area (Å²) in [5.74, 6) is 0.780. The number of aromatic nitrogens is 2. The van der Waals surface area contributed by atoms with E-state index in [1.165, 1.54) is 4.31 Å². The highest BCUT2D eigenvalue weighted by Gasteiger charge is 2.21. The molecule has 1 amide bonds. The molecule has 0 spiro atoms. The molecule has 0 bridgehead atoms. The number of thiophene rings is 1. The third-order valence-electron chi connectivity index (χ3n) is 4.91. The van der Waals surface area contributed by atoms with E-state index < -0.39 is 10.0 Å². The van der Waals surface area contributed by atoms with Crippen LogP contribution in [0.5, 0.6) is 0 Å². The molecule has 0 fully saturated rings. The molecule has 31 heavy (non-hydrogen) atoms. The Bertz CT molecular complexity index is 1090. The van der Waals surface area contributed by atoms with Crippen molar-refractivity contribution in [1.82, 2.24) is 19.8 Å². The lowest BCUT2D eigenvalue weighted by Crippen LogP contribution is -2.30. The predicted molar refractivity (Wildman–Crippen MR) is 119 cm³/mol. The summed E-state index contributed by atoms with van der Waals surface area (Å²) in [6.45, 7) is 6.31. The minimum absolute atomic E-state index is 0.150. The van der Waals surface area contributed by atoms with E-state index in [0.717, 1.165) is 11.1 Å². The van der Waals surface area contributed by atoms with Gasteiger partial charge in [0.1, 0.15) is 0 Å². The highest BCUT2D eigenvalue weighted by Crippen LogP contribution is 2.21. The van der Waals surface area contributed by atoms with Gasteiger partial charge in [0.25, 0.3) is 0 Å². The monoisotopic (exact) mass is 462 g/mol. The molecule has 1 unspecified atom stereocenters. The molecular formula is C21H26N4O4S2. The molecule has 1 atom stereocenters. The summed E-state index contributed by atoms with van der Waals surface area (Å²) in [4.78, 5) is 16.9. The molecular weight excluding hydrogens is 436 g/mol. The molecule has 3 rings (SSSR count). The first-order valence-corrected chi connectivity index (χ1v) is 12.5. The Hall–Kier alpha value is -2.56. The van der Waals surface area contributed by atoms with Crippen molar-refractivity contribution in [1.29, 1.82) is 0 Å². The zero-order valence-corrected chi connectivity index (χ0v) is 19.4. The number of hydrogen-bond acceptors (Lipinski definition) is 7. The fourth-order valence-corrected chi connectivity index (χ4v) is 5.22. The van der Waals surface area contributed by atoms with Gasteiger partial charge >= 0.3 is 0 Å². The maximum absolute atomic E-state index is 12.6. The van der Waals surface area contributed by atoms with Crippen LogP contribution in [0.1, 0.15) is 44.7 Å². The third-order valence-corrected chi connectivity index (χ3v) is 7.66. The third kappa shape index (κ3) is 5.57. The van der Waals surface area contributed by atoms with Crippen LogP contribution in [0.25, 0.3) is 11.4 Å². The first kappa shape index (κ1) is 23.1. The van der Waals surface area contributed by atoms with E-state index in [-0.39, 0.29) is 23.3 Å². The molecule has 0 saturated heterocycles. The number of amides is 1. The molecule has 0 saturated carbocycles. The van der Waals surface area contributed by atoms with Crippen molar-refractivity contribution in [3.8, 4) is 11.4 Å². The topological polar surface area (TPSA) is 105 Å². The van der Waals surface area contributed by atoms with Gasteiger partial charge in [-0.05, 0) is 36.1 Å². The quantitative estimate of drug-likeness (QED) is 0.493. The summed E-state index contributed by atoms with van der Waals surface area (Å²) in [5.41, 5.74) is 1.72. The van der Waals surface area contributed by atoms with Crippen molar-refractivity contribution in [3.63, 3.8) is 0 Å². The van der Waals surface area contributed by atoms with Crippen molar-refractivity contribution < 1.29 is 17.7 Å². The summed E-state index contributed by atoms with van der Waals surface area (Å²) in [7, 11) is -3.50. The summed E-state index contributed by atoms with van der Waals surface area (Å²) >= 11 is 1.55. The largest absolute Gasteiger partial charge is 0.350 e. The maximum Gasteiger partial charge on any atom is 0.243 e. The van der Waals surface area contributed by atoms with Gasteiger partial charge in [0.15, 0.2) is 0 Å². The first-order chi connectivity index (χ1) is 14.8. The van der Waals surface area contributed by atoms with E-state index in [9.17, 15) is 13.2 Å². The summed E-state index contributed by atoms with van der Waals surface area (Å²) in [6.07, 6.45) is 0.556. The molecule has 0 aliphatic rings. The van der Waals surface area contributed by atoms with Gasteiger partial charge in [0.05, 0.1) is 10.9 Å². The van der Waals surface area contributed by atoms with Crippen LogP contribution in [0.2, 0.25) is 0 Å². The van der Waals surface area contributed by atoms with Gasteiger partial charge in [0, 0.05) is 36.9 Å². The highest BCUT2D eigenvalue weighted by atomic mass is 32.2. The molecule has 2 aromatic heterocycles. The molecule has 1 N–H and O–H groups in total. The predicted octanol–water partition coefficient (Wildman–Crippen LogP) is 3.64. The van der Waals surface area contributed by atoms with Crippen molar-refractivity contribution in [3.05, 3.63) is 52.5 Å². The number of nitrogens with zero attached hydrogens (tertiary/aromatic N) is 3. The van der Waals surface area contributed by atoms with Crippen LogP contribution in [0.3, 0.4) is 0 Å². The van der Waals surface area contributed by atoms with E-state index in [1.54, 1.807) is 35.6 Å². The number of nitrogens with one attached hydrogen (secondary N) is 1. The Morgan fingerprint density at radius 1 is 1.19 bits per heavy atom. The Morgan fingerprint density at radius 2 is 1.90 bits per heavy atom. The minimum atomic E-state index is -3.50. The molecule has 3 aromatic rings. The first-order valence-electron chi connectivity index (χ1n) is 10.1. The van der Waals surface area contributed by atoms with Gasteiger partial charge < -0.3 is 9.84 Å². The van der Waals surface area contributed by atoms with Crippen LogP contribution in [-0.2, 0) is 21.2 Å². The van der Waals surface area contributed by atoms with Gasteiger partial charge in [-0.15, -0.1) is 0 Å². The second kappa shape index (κ2) is 10.2. The van der Waals surface area contributed by atoms with Crippen molar-refractivity contribution >= 4 is 27.3 Å². The van der Waals surface area contributed by atoms with Crippen molar-refractivity contribution in [2.24, 2.45) is 0 Å². The lowest BCUT2D eigenvalue weighted by Gasteiger charge is -2.19. The molecule has 2 heterocycles. The number of rotatable bonds is 10.